The minimum atomic E-state index is -4.71. The Morgan fingerprint density at radius 2 is 0.701 bits per heavy atom. The number of ether oxygens (including phenoxy) is 1. The molecule has 0 rings (SSSR count). The van der Waals surface area contributed by atoms with E-state index in [1.807, 2.05) is 33.3 Å². The number of hydrogen-bond donors (Lipinski definition) is 1. The van der Waals surface area contributed by atoms with Gasteiger partial charge in [0, 0.05) is 12.8 Å². The van der Waals surface area contributed by atoms with Crippen LogP contribution in [-0.4, -0.2) is 69.4 Å². The molecule has 10 heteroatoms. The molecule has 3 atom stereocenters. The van der Waals surface area contributed by atoms with Gasteiger partial charge in [-0.2, -0.15) is 0 Å². The molecule has 0 fully saturated rings. The van der Waals surface area contributed by atoms with Crippen molar-refractivity contribution in [2.24, 2.45) is 0 Å². The predicted molar refractivity (Wildman–Crippen MR) is 376 cm³/mol. The highest BCUT2D eigenvalue weighted by Gasteiger charge is 2.27. The number of nitrogens with zero attached hydrogens (tertiary/aromatic N) is 1. The fourth-order valence-electron chi connectivity index (χ4n) is 10.6. The Labute approximate surface area is 539 Å². The zero-order valence-corrected chi connectivity index (χ0v) is 58.9. The fourth-order valence-corrected chi connectivity index (χ4v) is 11.3. The SMILES string of the molecule is CCCCC/C=C\C/C=C\C/C=C\CCCCCCCCCCCCCCC(=O)OC(/C=C/CCCCCCCCCCCCC)C(COP(=O)([O-])OCC[N+](C)(C)C)NC(=O)CCCCCCCCCCCC/C=C\C/C=C\C/C=C\CCCCC. The lowest BCUT2D eigenvalue weighted by molar-refractivity contribution is -0.870. The van der Waals surface area contributed by atoms with Gasteiger partial charge in [0.25, 0.3) is 7.82 Å². The maximum absolute atomic E-state index is 13.6. The van der Waals surface area contributed by atoms with Gasteiger partial charge in [-0.15, -0.1) is 0 Å². The lowest BCUT2D eigenvalue weighted by Crippen LogP contribution is -2.47. The number of rotatable bonds is 67. The van der Waals surface area contributed by atoms with E-state index >= 15 is 0 Å². The third-order valence-corrected chi connectivity index (χ3v) is 17.3. The van der Waals surface area contributed by atoms with Crippen LogP contribution in [0.1, 0.15) is 342 Å². The highest BCUT2D eigenvalue weighted by atomic mass is 31.2. The van der Waals surface area contributed by atoms with Gasteiger partial charge in [0.15, 0.2) is 0 Å². The van der Waals surface area contributed by atoms with Crippen molar-refractivity contribution in [3.8, 4) is 0 Å². The maximum atomic E-state index is 13.6. The van der Waals surface area contributed by atoms with Gasteiger partial charge in [-0.25, -0.2) is 0 Å². The molecule has 0 aromatic rings. The van der Waals surface area contributed by atoms with Crippen LogP contribution in [0.4, 0.5) is 0 Å². The van der Waals surface area contributed by atoms with E-state index in [0.29, 0.717) is 17.4 Å². The zero-order chi connectivity index (χ0) is 63.5. The van der Waals surface area contributed by atoms with Gasteiger partial charge >= 0.3 is 5.97 Å². The minimum absolute atomic E-state index is 0.0254. The summed E-state index contributed by atoms with van der Waals surface area (Å²) in [4.78, 5) is 40.3. The summed E-state index contributed by atoms with van der Waals surface area (Å²) in [7, 11) is 1.18. The van der Waals surface area contributed by atoms with Crippen LogP contribution in [0.15, 0.2) is 85.1 Å². The number of amides is 1. The van der Waals surface area contributed by atoms with Crippen molar-refractivity contribution in [1.82, 2.24) is 5.32 Å². The first-order chi connectivity index (χ1) is 42.4. The van der Waals surface area contributed by atoms with Gasteiger partial charge in [-0.1, -0.05) is 305 Å². The molecule has 0 spiro atoms. The van der Waals surface area contributed by atoms with Gasteiger partial charge in [0.1, 0.15) is 19.3 Å². The largest absolute Gasteiger partial charge is 0.756 e. The molecular formula is C77H141N2O7P. The molecule has 0 saturated heterocycles. The molecule has 9 nitrogen and oxygen atoms in total. The van der Waals surface area contributed by atoms with Gasteiger partial charge in [0.2, 0.25) is 5.91 Å². The van der Waals surface area contributed by atoms with Gasteiger partial charge in [0.05, 0.1) is 33.8 Å². The van der Waals surface area contributed by atoms with Crippen molar-refractivity contribution in [1.29, 1.82) is 0 Å². The normalized spacial score (nSPS) is 14.0. The molecule has 0 aliphatic carbocycles. The molecule has 0 aromatic carbocycles. The van der Waals surface area contributed by atoms with Crippen molar-refractivity contribution >= 4 is 19.7 Å². The van der Waals surface area contributed by atoms with Crippen molar-refractivity contribution in [3.05, 3.63) is 85.1 Å². The highest BCUT2D eigenvalue weighted by Crippen LogP contribution is 2.38. The Morgan fingerprint density at radius 1 is 0.402 bits per heavy atom. The Balaban J connectivity index is 5.08. The Bertz CT molecular complexity index is 1760. The second-order valence-corrected chi connectivity index (χ2v) is 27.5. The summed E-state index contributed by atoms with van der Waals surface area (Å²) in [6, 6.07) is -0.896. The summed E-state index contributed by atoms with van der Waals surface area (Å²) in [5.41, 5.74) is 0. The van der Waals surface area contributed by atoms with Crippen LogP contribution in [0.3, 0.4) is 0 Å². The topological polar surface area (TPSA) is 114 Å². The molecule has 506 valence electrons. The summed E-state index contributed by atoms with van der Waals surface area (Å²) in [5.74, 6) is -0.539. The Kier molecular flexibility index (Phi) is 64.0. The number of esters is 1. The predicted octanol–water partition coefficient (Wildman–Crippen LogP) is 23.0. The molecule has 0 heterocycles. The Morgan fingerprint density at radius 3 is 1.07 bits per heavy atom. The number of quaternary nitrogens is 1. The maximum Gasteiger partial charge on any atom is 0.306 e. The van der Waals surface area contributed by atoms with E-state index in [-0.39, 0.29) is 24.9 Å². The quantitative estimate of drug-likeness (QED) is 0.0212. The first kappa shape index (κ1) is 84.2. The van der Waals surface area contributed by atoms with Crippen LogP contribution in [0, 0.1) is 0 Å². The monoisotopic (exact) mass is 1240 g/mol. The number of allylic oxidation sites excluding steroid dienone is 13. The van der Waals surface area contributed by atoms with Crippen LogP contribution in [0.25, 0.3) is 0 Å². The van der Waals surface area contributed by atoms with Crippen LogP contribution < -0.4 is 10.2 Å². The van der Waals surface area contributed by atoms with Crippen molar-refractivity contribution in [3.63, 3.8) is 0 Å². The lowest BCUT2D eigenvalue weighted by Gasteiger charge is -2.30. The van der Waals surface area contributed by atoms with Gasteiger partial charge in [-0.3, -0.25) is 14.2 Å². The number of carbonyl (C=O) groups is 2. The fraction of sp³-hybridized carbons (Fsp3) is 0.792. The summed E-state index contributed by atoms with van der Waals surface area (Å²) in [6.45, 7) is 6.82. The highest BCUT2D eigenvalue weighted by molar-refractivity contribution is 7.45. The first-order valence-electron chi connectivity index (χ1n) is 36.9. The molecule has 0 bridgehead atoms. The molecule has 1 amide bonds. The van der Waals surface area contributed by atoms with E-state index in [4.69, 9.17) is 13.8 Å². The standard InChI is InChI=1S/C77H141N2O7P/c1-7-10-13-16-19-22-25-28-30-32-34-36-38-39-41-43-45-47-49-52-55-58-61-64-67-70-77(81)86-75(68-65-62-59-56-53-50-27-24-21-18-15-12-9-3)74(73-85-87(82,83)84-72-71-79(4,5)6)78-76(80)69-66-63-60-57-54-51-48-46-44-42-40-37-35-33-31-29-26-23-20-17-14-11-8-2/h19-20,22-23,28-31,34-37,65,68,74-75H,7-18,21,24-27,32-33,38-64,66-67,69-73H2,1-6H3,(H-,78,80,82,83)/b22-19-,23-20-,30-28-,31-29-,36-34-,37-35-,68-65+. The summed E-state index contributed by atoms with van der Waals surface area (Å²) in [5, 5.41) is 3.05. The van der Waals surface area contributed by atoms with Crippen LogP contribution >= 0.6 is 7.82 Å². The smallest absolute Gasteiger partial charge is 0.306 e. The van der Waals surface area contributed by atoms with Crippen LogP contribution in [-0.2, 0) is 27.9 Å². The molecule has 3 unspecified atom stereocenters. The second kappa shape index (κ2) is 66.1. The molecule has 0 aliphatic heterocycles. The Hall–Kier alpha value is -2.81. The second-order valence-electron chi connectivity index (χ2n) is 26.1. The first-order valence-corrected chi connectivity index (χ1v) is 38.4. The van der Waals surface area contributed by atoms with E-state index in [9.17, 15) is 19.0 Å². The van der Waals surface area contributed by atoms with E-state index in [0.717, 1.165) is 96.3 Å². The summed E-state index contributed by atoms with van der Waals surface area (Å²) >= 11 is 0. The third kappa shape index (κ3) is 67.4. The molecule has 0 radical (unpaired) electrons. The summed E-state index contributed by atoms with van der Waals surface area (Å²) in [6.07, 6.45) is 88.4. The molecule has 0 aromatic heterocycles. The van der Waals surface area contributed by atoms with Crippen molar-refractivity contribution < 1.29 is 37.3 Å². The molecule has 0 aliphatic rings. The van der Waals surface area contributed by atoms with E-state index < -0.39 is 26.6 Å². The molecule has 1 N–H and O–H groups in total. The average Bonchev–Trinajstić information content (AvgIpc) is 3.70. The van der Waals surface area contributed by atoms with E-state index in [1.54, 1.807) is 0 Å². The van der Waals surface area contributed by atoms with E-state index in [2.05, 4.69) is 99.0 Å². The third-order valence-electron chi connectivity index (χ3n) is 16.3. The number of unbranched alkanes of at least 4 members (excludes halogenated alkanes) is 39. The zero-order valence-electron chi connectivity index (χ0n) is 58.0. The van der Waals surface area contributed by atoms with Crippen molar-refractivity contribution in [2.75, 3.05) is 40.9 Å². The molecular weight excluding hydrogens is 1100 g/mol. The molecule has 87 heavy (non-hydrogen) atoms. The van der Waals surface area contributed by atoms with E-state index in [1.165, 1.54) is 212 Å². The number of phosphoric ester groups is 1. The van der Waals surface area contributed by atoms with Crippen molar-refractivity contribution in [2.45, 2.75) is 354 Å². The minimum Gasteiger partial charge on any atom is -0.756 e. The average molecular weight is 1240 g/mol. The summed E-state index contributed by atoms with van der Waals surface area (Å²) < 4.78 is 30.5. The number of likely N-dealkylation sites (N-methyl/N-ethyl adjacent to an activating group) is 1. The van der Waals surface area contributed by atoms with Crippen LogP contribution in [0.5, 0.6) is 0 Å². The number of carbonyl (C=O) groups excluding carboxylic acids is 2. The number of nitrogens with one attached hydrogen (secondary N) is 1. The van der Waals surface area contributed by atoms with Gasteiger partial charge in [-0.05, 0) is 109 Å². The van der Waals surface area contributed by atoms with Crippen LogP contribution in [0.2, 0.25) is 0 Å². The lowest BCUT2D eigenvalue weighted by atomic mass is 10.0. The number of phosphoric acid groups is 1. The molecule has 0 saturated carbocycles. The number of hydrogen-bond acceptors (Lipinski definition) is 7. The van der Waals surface area contributed by atoms with Gasteiger partial charge < -0.3 is 28.5 Å².